The van der Waals surface area contributed by atoms with Crippen molar-refractivity contribution in [3.63, 3.8) is 0 Å². The van der Waals surface area contributed by atoms with Gasteiger partial charge in [-0.15, -0.1) is 0 Å². The van der Waals surface area contributed by atoms with Crippen molar-refractivity contribution in [3.05, 3.63) is 68.6 Å². The smallest absolute Gasteiger partial charge is 0.276 e. The summed E-state index contributed by atoms with van der Waals surface area (Å²) in [7, 11) is 0. The molecular weight excluding hydrogens is 488 g/mol. The van der Waals surface area contributed by atoms with E-state index in [-0.39, 0.29) is 12.2 Å². The molecule has 0 aliphatic heterocycles. The summed E-state index contributed by atoms with van der Waals surface area (Å²) in [6, 6.07) is 10.4. The third-order valence-electron chi connectivity index (χ3n) is 3.50. The van der Waals surface area contributed by atoms with Crippen LogP contribution in [0, 0.1) is 9.39 Å². The molecule has 2 N–H and O–H groups in total. The molecule has 0 aliphatic rings. The molecule has 0 saturated carbocycles. The summed E-state index contributed by atoms with van der Waals surface area (Å²) in [5.41, 5.74) is 5.03. The molecule has 0 saturated heterocycles. The highest BCUT2D eigenvalue weighted by molar-refractivity contribution is 14.1. The summed E-state index contributed by atoms with van der Waals surface area (Å²) in [5.74, 6) is -1.36. The van der Waals surface area contributed by atoms with Crippen molar-refractivity contribution in [2.45, 2.75) is 0 Å². The van der Waals surface area contributed by atoms with Crippen LogP contribution in [0.2, 0.25) is 5.02 Å². The van der Waals surface area contributed by atoms with Gasteiger partial charge in [-0.3, -0.25) is 25.4 Å². The van der Waals surface area contributed by atoms with E-state index in [1.54, 1.807) is 24.4 Å². The zero-order chi connectivity index (χ0) is 19.4. The van der Waals surface area contributed by atoms with Crippen LogP contribution in [0.5, 0.6) is 5.75 Å². The largest absolute Gasteiger partial charge is 0.480 e. The Hall–Kier alpha value is -2.46. The minimum Gasteiger partial charge on any atom is -0.480 e. The molecule has 1 aromatic heterocycles. The number of fused-ring (bicyclic) bond motifs is 1. The van der Waals surface area contributed by atoms with E-state index < -0.39 is 17.6 Å². The lowest BCUT2D eigenvalue weighted by Crippen LogP contribution is -2.43. The molecule has 2 amide bonds. The predicted octanol–water partition coefficient (Wildman–Crippen LogP) is 3.47. The Morgan fingerprint density at radius 1 is 1.19 bits per heavy atom. The number of carbonyl (C=O) groups is 2. The summed E-state index contributed by atoms with van der Waals surface area (Å²) in [6.07, 6.45) is 1.60. The summed E-state index contributed by atoms with van der Waals surface area (Å²) in [5, 5.41) is 1.23. The van der Waals surface area contributed by atoms with Crippen molar-refractivity contribution in [2.75, 3.05) is 6.61 Å². The number of carbonyl (C=O) groups excluding carboxylic acids is 2. The van der Waals surface area contributed by atoms with Crippen LogP contribution < -0.4 is 15.6 Å². The maximum atomic E-state index is 13.1. The van der Waals surface area contributed by atoms with Crippen LogP contribution in [-0.2, 0) is 4.79 Å². The number of ether oxygens (including phenoxy) is 1. The first kappa shape index (κ1) is 19.3. The average molecular weight is 500 g/mol. The molecule has 0 atom stereocenters. The molecule has 0 aliphatic carbocycles. The Balaban J connectivity index is 1.63. The van der Waals surface area contributed by atoms with Gasteiger partial charge in [0.1, 0.15) is 11.3 Å². The van der Waals surface area contributed by atoms with Gasteiger partial charge in [-0.2, -0.15) is 0 Å². The molecule has 3 aromatic rings. The lowest BCUT2D eigenvalue weighted by Gasteiger charge is -2.12. The van der Waals surface area contributed by atoms with Crippen LogP contribution in [0.15, 0.2) is 48.7 Å². The molecular formula is C18H12ClFIN3O3. The van der Waals surface area contributed by atoms with E-state index in [1.807, 2.05) is 22.6 Å². The molecule has 138 valence electrons. The minimum atomic E-state index is -0.643. The maximum absolute atomic E-state index is 13.1. The topological polar surface area (TPSA) is 80.3 Å². The quantitative estimate of drug-likeness (QED) is 0.426. The number of pyridine rings is 1. The number of nitrogens with zero attached hydrogens (tertiary/aromatic N) is 1. The van der Waals surface area contributed by atoms with Gasteiger partial charge in [-0.05, 0) is 59.0 Å². The van der Waals surface area contributed by atoms with Crippen molar-refractivity contribution in [1.82, 2.24) is 15.8 Å². The Labute approximate surface area is 172 Å². The number of aromatic nitrogens is 1. The maximum Gasteiger partial charge on any atom is 0.276 e. The van der Waals surface area contributed by atoms with E-state index >= 15 is 0 Å². The second kappa shape index (κ2) is 8.49. The summed E-state index contributed by atoms with van der Waals surface area (Å²) < 4.78 is 19.4. The van der Waals surface area contributed by atoms with Crippen LogP contribution in [0.3, 0.4) is 0 Å². The van der Waals surface area contributed by atoms with Gasteiger partial charge in [0, 0.05) is 17.1 Å². The fraction of sp³-hybridized carbons (Fsp3) is 0.0556. The predicted molar refractivity (Wildman–Crippen MR) is 107 cm³/mol. The Morgan fingerprint density at radius 2 is 2.00 bits per heavy atom. The van der Waals surface area contributed by atoms with Crippen molar-refractivity contribution < 1.29 is 18.7 Å². The molecule has 0 spiro atoms. The Kier molecular flexibility index (Phi) is 6.07. The van der Waals surface area contributed by atoms with Gasteiger partial charge in [-0.1, -0.05) is 17.7 Å². The number of nitrogens with one attached hydrogen (secondary N) is 2. The van der Waals surface area contributed by atoms with Crippen LogP contribution >= 0.6 is 34.2 Å². The lowest BCUT2D eigenvalue weighted by molar-refractivity contribution is -0.123. The fourth-order valence-electron chi connectivity index (χ4n) is 2.29. The number of hydrogen-bond donors (Lipinski definition) is 2. The van der Waals surface area contributed by atoms with Gasteiger partial charge in [0.15, 0.2) is 12.4 Å². The molecule has 27 heavy (non-hydrogen) atoms. The number of hydrazine groups is 1. The SMILES string of the molecule is O=C(COc1c(I)cc(Cl)c2cccnc12)NNC(=O)c1cccc(F)c1. The average Bonchev–Trinajstić information content (AvgIpc) is 2.66. The minimum absolute atomic E-state index is 0.0821. The summed E-state index contributed by atoms with van der Waals surface area (Å²) >= 11 is 8.23. The Morgan fingerprint density at radius 3 is 2.78 bits per heavy atom. The molecule has 9 heteroatoms. The standard InChI is InChI=1S/C18H12ClFIN3O3/c19-13-8-14(21)17(16-12(13)5-2-6-22-16)27-9-15(25)23-24-18(26)10-3-1-4-11(20)7-10/h1-8H,9H2,(H,23,25)(H,24,26). The van der Waals surface area contributed by atoms with Crippen LogP contribution in [0.1, 0.15) is 10.4 Å². The van der Waals surface area contributed by atoms with E-state index in [1.165, 1.54) is 18.2 Å². The number of hydrogen-bond acceptors (Lipinski definition) is 4. The van der Waals surface area contributed by atoms with Gasteiger partial charge >= 0.3 is 0 Å². The molecule has 1 heterocycles. The summed E-state index contributed by atoms with van der Waals surface area (Å²) in [6.45, 7) is -0.354. The molecule has 0 radical (unpaired) electrons. The third kappa shape index (κ3) is 4.64. The van der Waals surface area contributed by atoms with Crippen LogP contribution in [-0.4, -0.2) is 23.4 Å². The van der Waals surface area contributed by atoms with E-state index in [0.29, 0.717) is 25.2 Å². The zero-order valence-electron chi connectivity index (χ0n) is 13.6. The second-order valence-electron chi connectivity index (χ2n) is 5.37. The van der Waals surface area contributed by atoms with E-state index in [4.69, 9.17) is 16.3 Å². The fourth-order valence-corrected chi connectivity index (χ4v) is 3.45. The molecule has 0 fully saturated rings. The third-order valence-corrected chi connectivity index (χ3v) is 4.61. The monoisotopic (exact) mass is 499 g/mol. The second-order valence-corrected chi connectivity index (χ2v) is 6.94. The lowest BCUT2D eigenvalue weighted by atomic mass is 10.2. The molecule has 3 rings (SSSR count). The normalized spacial score (nSPS) is 10.5. The van der Waals surface area contributed by atoms with Crippen molar-refractivity contribution in [3.8, 4) is 5.75 Å². The van der Waals surface area contributed by atoms with Crippen LogP contribution in [0.4, 0.5) is 4.39 Å². The number of amides is 2. The van der Waals surface area contributed by atoms with Gasteiger partial charge in [0.2, 0.25) is 0 Å². The first-order chi connectivity index (χ1) is 13.0. The van der Waals surface area contributed by atoms with Crippen LogP contribution in [0.25, 0.3) is 10.9 Å². The highest BCUT2D eigenvalue weighted by atomic mass is 127. The number of halogens is 3. The molecule has 2 aromatic carbocycles. The highest BCUT2D eigenvalue weighted by Crippen LogP contribution is 2.34. The van der Waals surface area contributed by atoms with Gasteiger partial charge in [-0.25, -0.2) is 4.39 Å². The van der Waals surface area contributed by atoms with Gasteiger partial charge in [0.05, 0.1) is 8.59 Å². The van der Waals surface area contributed by atoms with E-state index in [0.717, 1.165) is 6.07 Å². The first-order valence-electron chi connectivity index (χ1n) is 7.66. The molecule has 6 nitrogen and oxygen atoms in total. The van der Waals surface area contributed by atoms with E-state index in [9.17, 15) is 14.0 Å². The first-order valence-corrected chi connectivity index (χ1v) is 9.11. The Bertz CT molecular complexity index is 1030. The summed E-state index contributed by atoms with van der Waals surface area (Å²) in [4.78, 5) is 28.1. The van der Waals surface area contributed by atoms with E-state index in [2.05, 4.69) is 15.8 Å². The number of benzene rings is 2. The van der Waals surface area contributed by atoms with Gasteiger partial charge in [0.25, 0.3) is 11.8 Å². The van der Waals surface area contributed by atoms with Gasteiger partial charge < -0.3 is 4.74 Å². The molecule has 0 bridgehead atoms. The van der Waals surface area contributed by atoms with Crippen molar-refractivity contribution in [2.24, 2.45) is 0 Å². The number of rotatable bonds is 4. The van der Waals surface area contributed by atoms with Crippen molar-refractivity contribution in [1.29, 1.82) is 0 Å². The molecule has 0 unspecified atom stereocenters. The zero-order valence-corrected chi connectivity index (χ0v) is 16.5. The highest BCUT2D eigenvalue weighted by Gasteiger charge is 2.14. The van der Waals surface area contributed by atoms with Crippen molar-refractivity contribution >= 4 is 56.9 Å².